The lowest BCUT2D eigenvalue weighted by atomic mass is 10.1. The number of imidazole rings is 1. The Kier molecular flexibility index (Phi) is 3.06. The van der Waals surface area contributed by atoms with E-state index in [-0.39, 0.29) is 5.69 Å². The molecule has 0 spiro atoms. The summed E-state index contributed by atoms with van der Waals surface area (Å²) < 4.78 is 1.73. The van der Waals surface area contributed by atoms with Gasteiger partial charge in [0.25, 0.3) is 0 Å². The van der Waals surface area contributed by atoms with Crippen LogP contribution < -0.4 is 0 Å². The van der Waals surface area contributed by atoms with E-state index in [0.717, 1.165) is 27.5 Å². The summed E-state index contributed by atoms with van der Waals surface area (Å²) in [5.41, 5.74) is 3.41. The topological polar surface area (TPSA) is 54.6 Å². The summed E-state index contributed by atoms with van der Waals surface area (Å²) in [6.07, 6.45) is 2.40. The van der Waals surface area contributed by atoms with Crippen LogP contribution in [0, 0.1) is 6.92 Å². The van der Waals surface area contributed by atoms with Gasteiger partial charge in [0.2, 0.25) is 0 Å². The zero-order valence-electron chi connectivity index (χ0n) is 11.3. The van der Waals surface area contributed by atoms with Gasteiger partial charge in [-0.25, -0.2) is 9.78 Å². The Balaban J connectivity index is 2.25. The van der Waals surface area contributed by atoms with Gasteiger partial charge in [0.1, 0.15) is 0 Å². The Morgan fingerprint density at radius 1 is 1.35 bits per heavy atom. The van der Waals surface area contributed by atoms with Crippen LogP contribution in [0.3, 0.4) is 0 Å². The van der Waals surface area contributed by atoms with Gasteiger partial charge in [0, 0.05) is 4.88 Å². The number of rotatable bonds is 3. The maximum absolute atomic E-state index is 11.3. The minimum atomic E-state index is -0.957. The van der Waals surface area contributed by atoms with Crippen molar-refractivity contribution in [2.24, 2.45) is 0 Å². The van der Waals surface area contributed by atoms with Crippen LogP contribution in [0.1, 0.15) is 27.9 Å². The molecule has 0 aliphatic carbocycles. The average Bonchev–Trinajstić information content (AvgIpc) is 2.96. The van der Waals surface area contributed by atoms with E-state index in [1.54, 1.807) is 4.40 Å². The fourth-order valence-corrected chi connectivity index (χ4v) is 3.31. The number of benzene rings is 1. The summed E-state index contributed by atoms with van der Waals surface area (Å²) in [5.74, 6) is -0.957. The van der Waals surface area contributed by atoms with E-state index in [0.29, 0.717) is 0 Å². The van der Waals surface area contributed by atoms with Gasteiger partial charge in [-0.1, -0.05) is 31.2 Å². The number of aromatic nitrogens is 2. The van der Waals surface area contributed by atoms with Crippen molar-refractivity contribution in [3.8, 4) is 11.3 Å². The Morgan fingerprint density at radius 2 is 2.05 bits per heavy atom. The average molecular weight is 286 g/mol. The molecular weight excluding hydrogens is 272 g/mol. The first-order valence-corrected chi connectivity index (χ1v) is 7.23. The first kappa shape index (κ1) is 12.9. The van der Waals surface area contributed by atoms with E-state index in [2.05, 4.69) is 24.0 Å². The molecule has 0 amide bonds. The SMILES string of the molecule is CCc1ccc(-c2c(C)sc3ncc(C(=O)O)n23)cc1. The monoisotopic (exact) mass is 286 g/mol. The van der Waals surface area contributed by atoms with Gasteiger partial charge in [-0.3, -0.25) is 4.40 Å². The third kappa shape index (κ3) is 1.91. The molecule has 0 unspecified atom stereocenters. The van der Waals surface area contributed by atoms with Crippen LogP contribution in [0.5, 0.6) is 0 Å². The molecule has 2 heterocycles. The molecule has 0 fully saturated rings. The lowest BCUT2D eigenvalue weighted by molar-refractivity contribution is 0.0689. The maximum atomic E-state index is 11.3. The number of hydrogen-bond acceptors (Lipinski definition) is 3. The van der Waals surface area contributed by atoms with E-state index >= 15 is 0 Å². The van der Waals surface area contributed by atoms with Crippen molar-refractivity contribution >= 4 is 22.3 Å². The number of nitrogens with zero attached hydrogens (tertiary/aromatic N) is 2. The summed E-state index contributed by atoms with van der Waals surface area (Å²) in [6, 6.07) is 8.24. The molecule has 0 saturated heterocycles. The zero-order valence-corrected chi connectivity index (χ0v) is 12.1. The minimum absolute atomic E-state index is 0.207. The molecular formula is C15H14N2O2S. The van der Waals surface area contributed by atoms with Gasteiger partial charge in [0.05, 0.1) is 11.9 Å². The van der Waals surface area contributed by atoms with Crippen molar-refractivity contribution in [1.82, 2.24) is 9.38 Å². The van der Waals surface area contributed by atoms with Crippen molar-refractivity contribution in [3.05, 3.63) is 46.6 Å². The lowest BCUT2D eigenvalue weighted by Crippen LogP contribution is -2.02. The van der Waals surface area contributed by atoms with Gasteiger partial charge < -0.3 is 5.11 Å². The fourth-order valence-electron chi connectivity index (χ4n) is 2.35. The molecule has 0 aliphatic rings. The number of fused-ring (bicyclic) bond motifs is 1. The fraction of sp³-hybridized carbons (Fsp3) is 0.200. The van der Waals surface area contributed by atoms with Crippen LogP contribution in [0.25, 0.3) is 16.2 Å². The second-order valence-corrected chi connectivity index (χ2v) is 5.81. The van der Waals surface area contributed by atoms with Crippen molar-refractivity contribution < 1.29 is 9.90 Å². The second kappa shape index (κ2) is 4.76. The number of aryl methyl sites for hydroxylation is 2. The summed E-state index contributed by atoms with van der Waals surface area (Å²) in [6.45, 7) is 4.11. The van der Waals surface area contributed by atoms with E-state index in [1.807, 2.05) is 19.1 Å². The minimum Gasteiger partial charge on any atom is -0.477 e. The Bertz CT molecular complexity index is 784. The van der Waals surface area contributed by atoms with Crippen molar-refractivity contribution in [3.63, 3.8) is 0 Å². The highest BCUT2D eigenvalue weighted by Crippen LogP contribution is 2.32. The molecule has 1 aromatic carbocycles. The summed E-state index contributed by atoms with van der Waals surface area (Å²) in [5, 5.41) is 9.28. The Morgan fingerprint density at radius 3 is 2.65 bits per heavy atom. The van der Waals surface area contributed by atoms with E-state index in [4.69, 9.17) is 0 Å². The van der Waals surface area contributed by atoms with Crippen molar-refractivity contribution in [1.29, 1.82) is 0 Å². The molecule has 0 saturated carbocycles. The highest BCUT2D eigenvalue weighted by Gasteiger charge is 2.18. The summed E-state index contributed by atoms with van der Waals surface area (Å²) >= 11 is 1.51. The van der Waals surface area contributed by atoms with Crippen LogP contribution in [0.15, 0.2) is 30.5 Å². The van der Waals surface area contributed by atoms with Crippen LogP contribution in [0.2, 0.25) is 0 Å². The zero-order chi connectivity index (χ0) is 14.3. The summed E-state index contributed by atoms with van der Waals surface area (Å²) in [7, 11) is 0. The van der Waals surface area contributed by atoms with Gasteiger partial charge in [-0.15, -0.1) is 11.3 Å². The predicted molar refractivity (Wildman–Crippen MR) is 79.6 cm³/mol. The molecule has 0 aliphatic heterocycles. The number of carboxylic acids is 1. The quantitative estimate of drug-likeness (QED) is 0.800. The molecule has 0 radical (unpaired) electrons. The highest BCUT2D eigenvalue weighted by molar-refractivity contribution is 7.17. The number of carboxylic acid groups (broad SMARTS) is 1. The van der Waals surface area contributed by atoms with Crippen molar-refractivity contribution in [2.75, 3.05) is 0 Å². The molecule has 3 aromatic rings. The molecule has 20 heavy (non-hydrogen) atoms. The van der Waals surface area contributed by atoms with Gasteiger partial charge >= 0.3 is 5.97 Å². The highest BCUT2D eigenvalue weighted by atomic mass is 32.1. The molecule has 4 nitrogen and oxygen atoms in total. The van der Waals surface area contributed by atoms with Crippen LogP contribution in [-0.4, -0.2) is 20.5 Å². The number of carbonyl (C=O) groups is 1. The van der Waals surface area contributed by atoms with Crippen LogP contribution in [0.4, 0.5) is 0 Å². The van der Waals surface area contributed by atoms with Crippen LogP contribution >= 0.6 is 11.3 Å². The van der Waals surface area contributed by atoms with E-state index in [9.17, 15) is 9.90 Å². The van der Waals surface area contributed by atoms with E-state index < -0.39 is 5.97 Å². The largest absolute Gasteiger partial charge is 0.477 e. The molecule has 5 heteroatoms. The first-order chi connectivity index (χ1) is 9.61. The predicted octanol–water partition coefficient (Wildman–Crippen LogP) is 3.63. The lowest BCUT2D eigenvalue weighted by Gasteiger charge is -2.05. The van der Waals surface area contributed by atoms with Gasteiger partial charge in [-0.2, -0.15) is 0 Å². The first-order valence-electron chi connectivity index (χ1n) is 6.41. The Labute approximate surface area is 120 Å². The molecule has 102 valence electrons. The number of aromatic carboxylic acids is 1. The molecule has 0 bridgehead atoms. The normalized spacial score (nSPS) is 11.1. The maximum Gasteiger partial charge on any atom is 0.354 e. The van der Waals surface area contributed by atoms with Gasteiger partial charge in [0.15, 0.2) is 10.7 Å². The van der Waals surface area contributed by atoms with E-state index in [1.165, 1.54) is 23.1 Å². The Hall–Kier alpha value is -2.14. The molecule has 3 rings (SSSR count). The third-order valence-electron chi connectivity index (χ3n) is 3.39. The standard InChI is InChI=1S/C15H14N2O2S/c1-3-10-4-6-11(7-5-10)13-9(2)20-15-16-8-12(14(18)19)17(13)15/h4-8H,3H2,1-2H3,(H,18,19). The molecule has 0 atom stereocenters. The number of thiazole rings is 1. The third-order valence-corrected chi connectivity index (χ3v) is 4.36. The molecule has 1 N–H and O–H groups in total. The molecule has 2 aromatic heterocycles. The second-order valence-electron chi connectivity index (χ2n) is 4.62. The van der Waals surface area contributed by atoms with Crippen molar-refractivity contribution in [2.45, 2.75) is 20.3 Å². The number of hydrogen-bond donors (Lipinski definition) is 1. The smallest absolute Gasteiger partial charge is 0.354 e. The van der Waals surface area contributed by atoms with Gasteiger partial charge in [-0.05, 0) is 24.5 Å². The summed E-state index contributed by atoms with van der Waals surface area (Å²) in [4.78, 5) is 17.3. The van der Waals surface area contributed by atoms with Crippen LogP contribution in [-0.2, 0) is 6.42 Å².